The molecule has 7 nitrogen and oxygen atoms in total. The van der Waals surface area contributed by atoms with Gasteiger partial charge in [-0.05, 0) is 64.2 Å². The fourth-order valence-corrected chi connectivity index (χ4v) is 5.21. The van der Waals surface area contributed by atoms with Gasteiger partial charge in [-0.2, -0.15) is 5.10 Å². The number of hydrogen-bond acceptors (Lipinski definition) is 6. The highest BCUT2D eigenvalue weighted by Gasteiger charge is 2.46. The van der Waals surface area contributed by atoms with Crippen molar-refractivity contribution < 1.29 is 14.6 Å². The first-order valence-corrected chi connectivity index (χ1v) is 12.2. The van der Waals surface area contributed by atoms with E-state index in [0.717, 1.165) is 37.7 Å². The minimum Gasteiger partial charge on any atom is -0.507 e. The highest BCUT2D eigenvalue weighted by molar-refractivity contribution is 5.99. The second-order valence-corrected chi connectivity index (χ2v) is 9.82. The molecule has 34 heavy (non-hydrogen) atoms. The number of amides is 1. The first kappa shape index (κ1) is 23.9. The van der Waals surface area contributed by atoms with Crippen molar-refractivity contribution in [1.29, 1.82) is 0 Å². The summed E-state index contributed by atoms with van der Waals surface area (Å²) in [5.74, 6) is 0.858. The third kappa shape index (κ3) is 4.83. The van der Waals surface area contributed by atoms with E-state index < -0.39 is 5.91 Å². The summed E-state index contributed by atoms with van der Waals surface area (Å²) in [7, 11) is 0. The molecule has 0 saturated heterocycles. The van der Waals surface area contributed by atoms with Gasteiger partial charge >= 0.3 is 0 Å². The van der Waals surface area contributed by atoms with E-state index in [2.05, 4.69) is 54.3 Å². The number of allylic oxidation sites excluding steroid dienone is 2. The van der Waals surface area contributed by atoms with E-state index in [0.29, 0.717) is 23.6 Å². The molecule has 0 bridgehead atoms. The molecule has 0 fully saturated rings. The minimum atomic E-state index is -0.447. The molecule has 1 amide bonds. The molecule has 1 aliphatic carbocycles. The fraction of sp³-hybridized carbons (Fsp3) is 0.481. The number of fused-ring (bicyclic) bond motifs is 3. The number of hydrogen-bond donors (Lipinski definition) is 2. The zero-order valence-electron chi connectivity index (χ0n) is 20.5. The van der Waals surface area contributed by atoms with Crippen molar-refractivity contribution in [3.05, 3.63) is 58.7 Å². The number of carbonyl (C=O) groups excluding carboxylic acids is 1. The molecule has 180 valence electrons. The van der Waals surface area contributed by atoms with Crippen LogP contribution >= 0.6 is 0 Å². The molecule has 2 heterocycles. The third-order valence-electron chi connectivity index (χ3n) is 6.94. The monoisotopic (exact) mass is 462 g/mol. The van der Waals surface area contributed by atoms with Gasteiger partial charge in [0.1, 0.15) is 17.1 Å². The lowest BCUT2D eigenvalue weighted by Crippen LogP contribution is -2.45. The molecule has 2 N–H and O–H groups in total. The van der Waals surface area contributed by atoms with Gasteiger partial charge < -0.3 is 9.84 Å². The quantitative estimate of drug-likeness (QED) is 0.252. The van der Waals surface area contributed by atoms with Gasteiger partial charge in [0.15, 0.2) is 5.82 Å². The number of nitrogens with zero attached hydrogens (tertiary/aromatic N) is 3. The molecular formula is C27H34N4O3. The van der Waals surface area contributed by atoms with Crippen LogP contribution in [0.15, 0.2) is 41.3 Å². The van der Waals surface area contributed by atoms with Crippen molar-refractivity contribution in [2.24, 2.45) is 11.0 Å². The summed E-state index contributed by atoms with van der Waals surface area (Å²) >= 11 is 0. The highest BCUT2D eigenvalue weighted by Crippen LogP contribution is 2.54. The van der Waals surface area contributed by atoms with E-state index in [1.165, 1.54) is 11.8 Å². The molecule has 0 spiro atoms. The van der Waals surface area contributed by atoms with Gasteiger partial charge in [-0.25, -0.2) is 15.4 Å². The van der Waals surface area contributed by atoms with Crippen LogP contribution in [-0.4, -0.2) is 32.8 Å². The van der Waals surface area contributed by atoms with Gasteiger partial charge in [0, 0.05) is 29.8 Å². The number of aromatic hydroxyl groups is 1. The Bertz CT molecular complexity index is 1110. The van der Waals surface area contributed by atoms with Gasteiger partial charge in [0.2, 0.25) is 0 Å². The number of aryl methyl sites for hydroxylation is 1. The number of nitrogens with one attached hydrogen (secondary N) is 1. The fourth-order valence-electron chi connectivity index (χ4n) is 5.21. The maximum atomic E-state index is 13.3. The van der Waals surface area contributed by atoms with Gasteiger partial charge in [0.05, 0.1) is 11.8 Å². The van der Waals surface area contributed by atoms with Crippen LogP contribution < -0.4 is 10.2 Å². The van der Waals surface area contributed by atoms with Crippen molar-refractivity contribution in [3.8, 4) is 11.5 Å². The number of hydrazone groups is 1. The number of phenolic OH excluding ortho intramolecular Hbond substituents is 1. The van der Waals surface area contributed by atoms with Gasteiger partial charge in [-0.1, -0.05) is 31.4 Å². The van der Waals surface area contributed by atoms with Crippen LogP contribution in [-0.2, 0) is 6.42 Å². The van der Waals surface area contributed by atoms with Crippen molar-refractivity contribution in [1.82, 2.24) is 15.4 Å². The lowest BCUT2D eigenvalue weighted by Gasteiger charge is -2.46. The van der Waals surface area contributed by atoms with Crippen LogP contribution in [0.4, 0.5) is 0 Å². The predicted octanol–water partition coefficient (Wildman–Crippen LogP) is 5.29. The van der Waals surface area contributed by atoms with Crippen molar-refractivity contribution in [3.63, 3.8) is 0 Å². The topological polar surface area (TPSA) is 96.7 Å². The highest BCUT2D eigenvalue weighted by atomic mass is 16.5. The smallest absolute Gasteiger partial charge is 0.275 e. The SMILES string of the molecule is CCCCCc1cc2c(c(O)c1C(=O)N/N=C/c1ncccn1)[C@@H]1C=C(C)CC[C@H]1C(C)(C)O2. The lowest BCUT2D eigenvalue weighted by molar-refractivity contribution is 0.0107. The van der Waals surface area contributed by atoms with Crippen molar-refractivity contribution in [2.75, 3.05) is 0 Å². The van der Waals surface area contributed by atoms with E-state index in [9.17, 15) is 9.90 Å². The molecule has 2 atom stereocenters. The standard InChI is InChI=1S/C27H34N4O3/c1-5-6-7-9-18-15-21-24(19-14-17(2)10-11-20(19)27(3,4)34-21)25(32)23(18)26(33)31-30-16-22-28-12-8-13-29-22/h8,12-16,19-20,32H,5-7,9-11H2,1-4H3,(H,31,33)/b30-16+/t19-,20-/m1/s1. The number of rotatable bonds is 7. The van der Waals surface area contributed by atoms with Crippen LogP contribution in [0.5, 0.6) is 11.5 Å². The molecule has 0 saturated carbocycles. The van der Waals surface area contributed by atoms with Crippen LogP contribution in [0.25, 0.3) is 0 Å². The van der Waals surface area contributed by atoms with Crippen LogP contribution in [0.3, 0.4) is 0 Å². The Morgan fingerprint density at radius 1 is 1.32 bits per heavy atom. The average Bonchev–Trinajstić information content (AvgIpc) is 2.79. The zero-order valence-corrected chi connectivity index (χ0v) is 20.5. The van der Waals surface area contributed by atoms with Crippen molar-refractivity contribution in [2.45, 2.75) is 77.7 Å². The second kappa shape index (κ2) is 9.95. The molecule has 1 aromatic heterocycles. The Hall–Kier alpha value is -3.22. The molecule has 1 aliphatic heterocycles. The Morgan fingerprint density at radius 3 is 2.82 bits per heavy atom. The molecule has 4 rings (SSSR count). The van der Waals surface area contributed by atoms with E-state index in [1.807, 2.05) is 6.07 Å². The zero-order chi connectivity index (χ0) is 24.3. The van der Waals surface area contributed by atoms with Gasteiger partial charge in [0.25, 0.3) is 5.91 Å². The molecular weight excluding hydrogens is 428 g/mol. The summed E-state index contributed by atoms with van der Waals surface area (Å²) in [6, 6.07) is 3.67. The maximum Gasteiger partial charge on any atom is 0.275 e. The van der Waals surface area contributed by atoms with E-state index in [1.54, 1.807) is 18.5 Å². The summed E-state index contributed by atoms with van der Waals surface area (Å²) in [6.45, 7) is 8.51. The third-order valence-corrected chi connectivity index (χ3v) is 6.94. The average molecular weight is 463 g/mol. The number of benzene rings is 1. The molecule has 0 radical (unpaired) electrons. The number of aromatic nitrogens is 2. The summed E-state index contributed by atoms with van der Waals surface area (Å²) in [4.78, 5) is 21.4. The summed E-state index contributed by atoms with van der Waals surface area (Å²) in [5.41, 5.74) is 5.27. The summed E-state index contributed by atoms with van der Waals surface area (Å²) < 4.78 is 6.46. The van der Waals surface area contributed by atoms with Crippen LogP contribution in [0.1, 0.15) is 93.0 Å². The molecule has 0 unspecified atom stereocenters. The lowest BCUT2D eigenvalue weighted by atomic mass is 9.67. The normalized spacial score (nSPS) is 20.8. The maximum absolute atomic E-state index is 13.3. The Kier molecular flexibility index (Phi) is 7.00. The van der Waals surface area contributed by atoms with E-state index >= 15 is 0 Å². The Labute approximate surface area is 201 Å². The number of carbonyl (C=O) groups is 1. The molecule has 7 heteroatoms. The van der Waals surface area contributed by atoms with Crippen molar-refractivity contribution >= 4 is 12.1 Å². The molecule has 1 aromatic carbocycles. The van der Waals surface area contributed by atoms with Gasteiger partial charge in [-0.3, -0.25) is 4.79 Å². The van der Waals surface area contributed by atoms with E-state index in [4.69, 9.17) is 4.74 Å². The van der Waals surface area contributed by atoms with Gasteiger partial charge in [-0.15, -0.1) is 0 Å². The Balaban J connectivity index is 1.74. The largest absolute Gasteiger partial charge is 0.507 e. The van der Waals surface area contributed by atoms with E-state index in [-0.39, 0.29) is 28.7 Å². The number of ether oxygens (including phenoxy) is 1. The number of unbranched alkanes of at least 4 members (excludes halogenated alkanes) is 2. The molecule has 2 aromatic rings. The first-order valence-electron chi connectivity index (χ1n) is 12.2. The summed E-state index contributed by atoms with van der Waals surface area (Å²) in [5, 5.41) is 15.5. The minimum absolute atomic E-state index is 0.00381. The number of phenols is 1. The van der Waals surface area contributed by atoms with Crippen LogP contribution in [0.2, 0.25) is 0 Å². The summed E-state index contributed by atoms with van der Waals surface area (Å²) in [6.07, 6.45) is 12.5. The predicted molar refractivity (Wildman–Crippen MR) is 132 cm³/mol. The van der Waals surface area contributed by atoms with Crippen LogP contribution in [0, 0.1) is 5.92 Å². The Morgan fingerprint density at radius 2 is 2.09 bits per heavy atom. The first-order chi connectivity index (χ1) is 16.3. The molecule has 2 aliphatic rings. The second-order valence-electron chi connectivity index (χ2n) is 9.82.